The van der Waals surface area contributed by atoms with E-state index in [1.54, 1.807) is 6.21 Å². The van der Waals surface area contributed by atoms with Crippen LogP contribution in [0.5, 0.6) is 0 Å². The number of nitrogens with one attached hydrogen (secondary N) is 1. The zero-order valence-corrected chi connectivity index (χ0v) is 13.7. The number of aryl methyl sites for hydroxylation is 2. The van der Waals surface area contributed by atoms with Crippen molar-refractivity contribution in [3.63, 3.8) is 0 Å². The zero-order valence-electron chi connectivity index (χ0n) is 13.7. The molecule has 0 aliphatic carbocycles. The normalized spacial score (nSPS) is 10.9. The maximum Gasteiger partial charge on any atom is 0.243 e. The van der Waals surface area contributed by atoms with Gasteiger partial charge in [-0.05, 0) is 51.5 Å². The van der Waals surface area contributed by atoms with E-state index >= 15 is 0 Å². The van der Waals surface area contributed by atoms with Gasteiger partial charge in [0.05, 0.1) is 6.21 Å². The first-order chi connectivity index (χ1) is 10.6. The highest BCUT2D eigenvalue weighted by Crippen LogP contribution is 2.14. The molecule has 0 atom stereocenters. The van der Waals surface area contributed by atoms with E-state index in [1.807, 2.05) is 19.9 Å². The molecule has 2 aromatic rings. The number of hydrogen-bond donors (Lipinski definition) is 1. The van der Waals surface area contributed by atoms with Crippen molar-refractivity contribution >= 4 is 17.9 Å². The minimum atomic E-state index is 0.522. The zero-order chi connectivity index (χ0) is 15.9. The highest BCUT2D eigenvalue weighted by atomic mass is 15.3. The highest BCUT2D eigenvalue weighted by molar-refractivity contribution is 5.80. The summed E-state index contributed by atoms with van der Waals surface area (Å²) in [5.74, 6) is 0.522. The molecule has 1 aromatic heterocycles. The molecule has 0 saturated carbocycles. The summed E-state index contributed by atoms with van der Waals surface area (Å²) in [6.07, 6.45) is 1.77. The van der Waals surface area contributed by atoms with Crippen molar-refractivity contribution in [2.75, 3.05) is 23.4 Å². The van der Waals surface area contributed by atoms with Gasteiger partial charge in [-0.3, -0.25) is 0 Å². The van der Waals surface area contributed by atoms with Gasteiger partial charge in [0.15, 0.2) is 0 Å². The molecule has 0 saturated heterocycles. The van der Waals surface area contributed by atoms with Crippen molar-refractivity contribution in [3.8, 4) is 0 Å². The molecule has 0 unspecified atom stereocenters. The van der Waals surface area contributed by atoms with Crippen LogP contribution in [0.25, 0.3) is 0 Å². The third-order valence-electron chi connectivity index (χ3n) is 3.38. The molecule has 22 heavy (non-hydrogen) atoms. The summed E-state index contributed by atoms with van der Waals surface area (Å²) >= 11 is 0. The van der Waals surface area contributed by atoms with Crippen molar-refractivity contribution in [3.05, 3.63) is 47.3 Å². The predicted molar refractivity (Wildman–Crippen MR) is 92.7 cm³/mol. The summed E-state index contributed by atoms with van der Waals surface area (Å²) in [4.78, 5) is 10.9. The second-order valence-corrected chi connectivity index (χ2v) is 5.11. The van der Waals surface area contributed by atoms with Gasteiger partial charge in [-0.15, -0.1) is 0 Å². The maximum atomic E-state index is 4.28. The minimum Gasteiger partial charge on any atom is -0.372 e. The van der Waals surface area contributed by atoms with Crippen LogP contribution in [0.2, 0.25) is 0 Å². The van der Waals surface area contributed by atoms with Crippen LogP contribution in [0.3, 0.4) is 0 Å². The van der Waals surface area contributed by atoms with Crippen molar-refractivity contribution in [2.24, 2.45) is 5.10 Å². The molecule has 0 aliphatic rings. The van der Waals surface area contributed by atoms with Crippen molar-refractivity contribution < 1.29 is 0 Å². The molecule has 0 amide bonds. The largest absolute Gasteiger partial charge is 0.372 e. The molecule has 5 nitrogen and oxygen atoms in total. The molecule has 1 heterocycles. The molecule has 0 spiro atoms. The lowest BCUT2D eigenvalue weighted by atomic mass is 10.2. The molecule has 2 rings (SSSR count). The smallest absolute Gasteiger partial charge is 0.243 e. The van der Waals surface area contributed by atoms with Crippen LogP contribution in [0, 0.1) is 13.8 Å². The molecular formula is C17H23N5. The number of anilines is 2. The van der Waals surface area contributed by atoms with Gasteiger partial charge in [-0.1, -0.05) is 12.1 Å². The Labute approximate surface area is 132 Å². The quantitative estimate of drug-likeness (QED) is 0.656. The Morgan fingerprint density at radius 1 is 1.05 bits per heavy atom. The van der Waals surface area contributed by atoms with Crippen LogP contribution >= 0.6 is 0 Å². The lowest BCUT2D eigenvalue weighted by Crippen LogP contribution is -2.21. The van der Waals surface area contributed by atoms with E-state index in [1.165, 1.54) is 5.69 Å². The van der Waals surface area contributed by atoms with E-state index < -0.39 is 0 Å². The Morgan fingerprint density at radius 2 is 1.64 bits per heavy atom. The highest BCUT2D eigenvalue weighted by Gasteiger charge is 2.00. The molecule has 0 aliphatic heterocycles. The number of aromatic nitrogens is 2. The molecule has 0 radical (unpaired) electrons. The number of hydrogen-bond acceptors (Lipinski definition) is 5. The van der Waals surface area contributed by atoms with Crippen LogP contribution in [0.1, 0.15) is 30.8 Å². The topological polar surface area (TPSA) is 53.4 Å². The molecule has 1 N–H and O–H groups in total. The van der Waals surface area contributed by atoms with Crippen molar-refractivity contribution in [1.29, 1.82) is 0 Å². The van der Waals surface area contributed by atoms with E-state index in [-0.39, 0.29) is 0 Å². The molecule has 0 bridgehead atoms. The average molecular weight is 297 g/mol. The molecule has 5 heteroatoms. The fourth-order valence-corrected chi connectivity index (χ4v) is 2.30. The lowest BCUT2D eigenvalue weighted by molar-refractivity contribution is 0.866. The predicted octanol–water partition coefficient (Wildman–Crippen LogP) is 3.39. The first-order valence-corrected chi connectivity index (χ1v) is 7.58. The van der Waals surface area contributed by atoms with Gasteiger partial charge < -0.3 is 4.90 Å². The van der Waals surface area contributed by atoms with Crippen LogP contribution in [0.4, 0.5) is 11.6 Å². The van der Waals surface area contributed by atoms with Crippen LogP contribution < -0.4 is 10.3 Å². The van der Waals surface area contributed by atoms with E-state index in [4.69, 9.17) is 0 Å². The third kappa shape index (κ3) is 4.28. The van der Waals surface area contributed by atoms with Gasteiger partial charge in [0, 0.05) is 30.2 Å². The van der Waals surface area contributed by atoms with Crippen molar-refractivity contribution in [1.82, 2.24) is 9.97 Å². The Kier molecular flexibility index (Phi) is 5.47. The van der Waals surface area contributed by atoms with Gasteiger partial charge in [0.2, 0.25) is 5.95 Å². The van der Waals surface area contributed by atoms with Crippen LogP contribution in [-0.4, -0.2) is 29.3 Å². The number of nitrogens with zero attached hydrogens (tertiary/aromatic N) is 4. The van der Waals surface area contributed by atoms with Gasteiger partial charge in [0.1, 0.15) is 0 Å². The standard InChI is InChI=1S/C17H23N5/c1-5-22(6-2)16-9-7-15(8-10-16)12-18-21-17-19-13(3)11-14(4)20-17/h7-12H,5-6H2,1-4H3,(H,19,20,21)/b18-12+. The fraction of sp³-hybridized carbons (Fsp3) is 0.353. The fourth-order valence-electron chi connectivity index (χ4n) is 2.30. The second kappa shape index (κ2) is 7.54. The molecule has 116 valence electrons. The van der Waals surface area contributed by atoms with E-state index in [0.29, 0.717) is 5.95 Å². The number of hydrazone groups is 1. The lowest BCUT2D eigenvalue weighted by Gasteiger charge is -2.20. The van der Waals surface area contributed by atoms with Gasteiger partial charge in [-0.25, -0.2) is 15.4 Å². The van der Waals surface area contributed by atoms with Gasteiger partial charge in [-0.2, -0.15) is 5.10 Å². The molecule has 0 fully saturated rings. The third-order valence-corrected chi connectivity index (χ3v) is 3.38. The SMILES string of the molecule is CCN(CC)c1ccc(/C=N/Nc2nc(C)cc(C)n2)cc1. The first-order valence-electron chi connectivity index (χ1n) is 7.58. The van der Waals surface area contributed by atoms with E-state index in [2.05, 4.69) is 63.5 Å². The summed E-state index contributed by atoms with van der Waals surface area (Å²) in [6.45, 7) is 10.2. The Morgan fingerprint density at radius 3 is 2.18 bits per heavy atom. The summed E-state index contributed by atoms with van der Waals surface area (Å²) in [6, 6.07) is 10.3. The number of benzene rings is 1. The molecule has 1 aromatic carbocycles. The summed E-state index contributed by atoms with van der Waals surface area (Å²) < 4.78 is 0. The van der Waals surface area contributed by atoms with E-state index in [9.17, 15) is 0 Å². The first kappa shape index (κ1) is 15.9. The summed E-state index contributed by atoms with van der Waals surface area (Å²) in [5, 5.41) is 4.20. The monoisotopic (exact) mass is 297 g/mol. The van der Waals surface area contributed by atoms with Crippen molar-refractivity contribution in [2.45, 2.75) is 27.7 Å². The maximum absolute atomic E-state index is 4.28. The number of rotatable bonds is 6. The van der Waals surface area contributed by atoms with E-state index in [0.717, 1.165) is 30.0 Å². The Bertz CT molecular complexity index is 610. The Balaban J connectivity index is 2.01. The summed E-state index contributed by atoms with van der Waals surface area (Å²) in [5.41, 5.74) is 6.99. The second-order valence-electron chi connectivity index (χ2n) is 5.11. The van der Waals surface area contributed by atoms with Gasteiger partial charge in [0.25, 0.3) is 0 Å². The minimum absolute atomic E-state index is 0.522. The average Bonchev–Trinajstić information content (AvgIpc) is 2.49. The van der Waals surface area contributed by atoms with Gasteiger partial charge >= 0.3 is 0 Å². The van der Waals surface area contributed by atoms with Crippen LogP contribution in [-0.2, 0) is 0 Å². The summed E-state index contributed by atoms with van der Waals surface area (Å²) in [7, 11) is 0. The Hall–Kier alpha value is -2.43. The molecular weight excluding hydrogens is 274 g/mol. The van der Waals surface area contributed by atoms with Crippen LogP contribution in [0.15, 0.2) is 35.4 Å².